The van der Waals surface area contributed by atoms with Gasteiger partial charge in [0, 0.05) is 24.7 Å². The molecule has 1 aromatic rings. The van der Waals surface area contributed by atoms with Gasteiger partial charge in [-0.1, -0.05) is 44.2 Å². The molecule has 3 unspecified atom stereocenters. The van der Waals surface area contributed by atoms with Crippen molar-refractivity contribution in [1.29, 1.82) is 0 Å². The topological polar surface area (TPSA) is 82.3 Å². The van der Waals surface area contributed by atoms with Crippen molar-refractivity contribution in [3.8, 4) is 0 Å². The van der Waals surface area contributed by atoms with Gasteiger partial charge < -0.3 is 21.3 Å². The van der Waals surface area contributed by atoms with Crippen LogP contribution in [-0.4, -0.2) is 36.1 Å². The van der Waals surface area contributed by atoms with Gasteiger partial charge in [0.15, 0.2) is 0 Å². The van der Waals surface area contributed by atoms with Crippen LogP contribution in [0, 0.1) is 5.92 Å². The molecule has 2 aliphatic rings. The quantitative estimate of drug-likeness (QED) is 0.597. The van der Waals surface area contributed by atoms with E-state index in [2.05, 4.69) is 21.3 Å². The fraction of sp³-hybridized carbons (Fsp3) is 0.600. The van der Waals surface area contributed by atoms with Gasteiger partial charge in [-0.3, -0.25) is 4.79 Å². The molecule has 1 aromatic carbocycles. The summed E-state index contributed by atoms with van der Waals surface area (Å²) >= 11 is 0. The van der Waals surface area contributed by atoms with Crippen LogP contribution in [0.4, 0.5) is 4.79 Å². The molecule has 2 heterocycles. The molecule has 2 bridgehead atoms. The van der Waals surface area contributed by atoms with Gasteiger partial charge >= 0.3 is 6.03 Å². The summed E-state index contributed by atoms with van der Waals surface area (Å²) in [6.07, 6.45) is 4.36. The maximum Gasteiger partial charge on any atom is 0.315 e. The maximum absolute atomic E-state index is 12.7. The summed E-state index contributed by atoms with van der Waals surface area (Å²) in [6, 6.07) is 10.1. The number of hydrogen-bond donors (Lipinski definition) is 4. The van der Waals surface area contributed by atoms with Crippen molar-refractivity contribution in [1.82, 2.24) is 21.3 Å². The summed E-state index contributed by atoms with van der Waals surface area (Å²) < 4.78 is 0. The number of benzene rings is 1. The van der Waals surface area contributed by atoms with E-state index in [1.165, 1.54) is 12.8 Å². The molecule has 3 amide bonds. The Kier molecular flexibility index (Phi) is 7.92. The van der Waals surface area contributed by atoms with Crippen LogP contribution in [0.1, 0.15) is 45.1 Å². The molecule has 4 N–H and O–H groups in total. The van der Waals surface area contributed by atoms with E-state index in [4.69, 9.17) is 0 Å². The van der Waals surface area contributed by atoms with Gasteiger partial charge in [-0.2, -0.15) is 0 Å². The number of amides is 3. The lowest BCUT2D eigenvalue weighted by atomic mass is 9.98. The van der Waals surface area contributed by atoms with Gasteiger partial charge in [0.2, 0.25) is 5.91 Å². The summed E-state index contributed by atoms with van der Waals surface area (Å²) in [5.74, 6) is -0.0583. The Bertz CT molecular complexity index is 614. The van der Waals surface area contributed by atoms with Crippen molar-refractivity contribution in [2.24, 2.45) is 5.92 Å². The summed E-state index contributed by atoms with van der Waals surface area (Å²) in [6.45, 7) is 4.35. The number of halogens is 1. The standard InChI is InChI=1S/C20H30N4O2.ClH/c1-13(2)18(24-20(26)21-12-14-6-4-3-5-7-14)19(25)23-17-10-15-8-9-16(11-17)22-15;/h3-7,13,15-18,22H,8-12H2,1-2H3,(H,23,25)(H2,21,24,26);1H. The van der Waals surface area contributed by atoms with E-state index in [-0.39, 0.29) is 36.3 Å². The molecule has 7 heteroatoms. The highest BCUT2D eigenvalue weighted by molar-refractivity contribution is 5.87. The van der Waals surface area contributed by atoms with E-state index < -0.39 is 6.04 Å². The zero-order valence-corrected chi connectivity index (χ0v) is 16.9. The van der Waals surface area contributed by atoms with Crippen LogP contribution in [0.25, 0.3) is 0 Å². The van der Waals surface area contributed by atoms with Gasteiger partial charge in [-0.15, -0.1) is 12.4 Å². The van der Waals surface area contributed by atoms with E-state index in [1.807, 2.05) is 44.2 Å². The molecule has 2 aliphatic heterocycles. The average molecular weight is 395 g/mol. The molecule has 6 nitrogen and oxygen atoms in total. The van der Waals surface area contributed by atoms with E-state index in [9.17, 15) is 9.59 Å². The van der Waals surface area contributed by atoms with Gasteiger partial charge in [-0.25, -0.2) is 4.79 Å². The molecule has 0 radical (unpaired) electrons. The van der Waals surface area contributed by atoms with Crippen molar-refractivity contribution < 1.29 is 9.59 Å². The summed E-state index contributed by atoms with van der Waals surface area (Å²) in [5, 5.41) is 12.4. The fourth-order valence-electron chi connectivity index (χ4n) is 3.97. The molecular weight excluding hydrogens is 364 g/mol. The first-order valence-corrected chi connectivity index (χ1v) is 9.66. The number of piperidine rings is 1. The molecular formula is C20H31ClN4O2. The van der Waals surface area contributed by atoms with Crippen LogP contribution in [-0.2, 0) is 11.3 Å². The monoisotopic (exact) mass is 394 g/mol. The van der Waals surface area contributed by atoms with Crippen molar-refractivity contribution in [3.63, 3.8) is 0 Å². The first-order valence-electron chi connectivity index (χ1n) is 9.66. The normalized spacial score (nSPS) is 24.6. The third-order valence-corrected chi connectivity index (χ3v) is 5.35. The summed E-state index contributed by atoms with van der Waals surface area (Å²) in [4.78, 5) is 25.0. The van der Waals surface area contributed by atoms with Crippen molar-refractivity contribution in [3.05, 3.63) is 35.9 Å². The number of fused-ring (bicyclic) bond motifs is 2. The number of nitrogens with one attached hydrogen (secondary N) is 4. The Hall–Kier alpha value is -1.79. The zero-order valence-electron chi connectivity index (χ0n) is 16.0. The van der Waals surface area contributed by atoms with Crippen molar-refractivity contribution in [2.75, 3.05) is 0 Å². The maximum atomic E-state index is 12.7. The molecule has 0 spiro atoms. The lowest BCUT2D eigenvalue weighted by Crippen LogP contribution is -2.56. The molecule has 0 aliphatic carbocycles. The summed E-state index contributed by atoms with van der Waals surface area (Å²) in [5.41, 5.74) is 1.03. The Morgan fingerprint density at radius 1 is 1.11 bits per heavy atom. The second kappa shape index (κ2) is 9.95. The van der Waals surface area contributed by atoms with E-state index in [0.29, 0.717) is 18.6 Å². The van der Waals surface area contributed by atoms with Crippen LogP contribution in [0.15, 0.2) is 30.3 Å². The van der Waals surface area contributed by atoms with E-state index in [1.54, 1.807) is 0 Å². The molecule has 0 aromatic heterocycles. The molecule has 150 valence electrons. The highest BCUT2D eigenvalue weighted by Gasteiger charge is 2.35. The molecule has 2 saturated heterocycles. The Morgan fingerprint density at radius 2 is 1.74 bits per heavy atom. The number of carbonyl (C=O) groups is 2. The lowest BCUT2D eigenvalue weighted by Gasteiger charge is -2.31. The first kappa shape index (κ1) is 21.5. The molecule has 2 fully saturated rings. The second-order valence-corrected chi connectivity index (χ2v) is 7.85. The molecule has 27 heavy (non-hydrogen) atoms. The highest BCUT2D eigenvalue weighted by Crippen LogP contribution is 2.26. The van der Waals surface area contributed by atoms with E-state index in [0.717, 1.165) is 18.4 Å². The highest BCUT2D eigenvalue weighted by atomic mass is 35.5. The smallest absolute Gasteiger partial charge is 0.315 e. The minimum Gasteiger partial charge on any atom is -0.351 e. The minimum atomic E-state index is -0.529. The minimum absolute atomic E-state index is 0. The van der Waals surface area contributed by atoms with Gasteiger partial charge in [-0.05, 0) is 37.2 Å². The molecule has 3 rings (SSSR count). The van der Waals surface area contributed by atoms with Gasteiger partial charge in [0.05, 0.1) is 0 Å². The first-order chi connectivity index (χ1) is 12.5. The van der Waals surface area contributed by atoms with Crippen LogP contribution in [0.5, 0.6) is 0 Å². The number of rotatable bonds is 6. The number of hydrogen-bond acceptors (Lipinski definition) is 3. The Morgan fingerprint density at radius 3 is 2.33 bits per heavy atom. The molecule has 0 saturated carbocycles. The fourth-order valence-corrected chi connectivity index (χ4v) is 3.97. The van der Waals surface area contributed by atoms with E-state index >= 15 is 0 Å². The van der Waals surface area contributed by atoms with Gasteiger partial charge in [0.25, 0.3) is 0 Å². The number of urea groups is 1. The second-order valence-electron chi connectivity index (χ2n) is 7.85. The Labute approximate surface area is 167 Å². The predicted octanol–water partition coefficient (Wildman–Crippen LogP) is 2.33. The summed E-state index contributed by atoms with van der Waals surface area (Å²) in [7, 11) is 0. The largest absolute Gasteiger partial charge is 0.351 e. The molecule has 3 atom stereocenters. The number of carbonyl (C=O) groups excluding carboxylic acids is 2. The lowest BCUT2D eigenvalue weighted by molar-refractivity contribution is -0.124. The third kappa shape index (κ3) is 6.11. The zero-order chi connectivity index (χ0) is 18.5. The van der Waals surface area contributed by atoms with Crippen LogP contribution < -0.4 is 21.3 Å². The van der Waals surface area contributed by atoms with Crippen LogP contribution in [0.3, 0.4) is 0 Å². The third-order valence-electron chi connectivity index (χ3n) is 5.35. The average Bonchev–Trinajstić information content (AvgIpc) is 2.96. The van der Waals surface area contributed by atoms with Crippen LogP contribution >= 0.6 is 12.4 Å². The Balaban J connectivity index is 0.00000261. The predicted molar refractivity (Wildman–Crippen MR) is 109 cm³/mol. The van der Waals surface area contributed by atoms with Gasteiger partial charge in [0.1, 0.15) is 6.04 Å². The van der Waals surface area contributed by atoms with Crippen LogP contribution in [0.2, 0.25) is 0 Å². The van der Waals surface area contributed by atoms with Crippen molar-refractivity contribution >= 4 is 24.3 Å². The van der Waals surface area contributed by atoms with Crippen molar-refractivity contribution in [2.45, 2.75) is 70.2 Å². The SMILES string of the molecule is CC(C)C(NC(=O)NCc1ccccc1)C(=O)NC1CC2CCC(C1)N2.Cl.